The Balaban J connectivity index is 3.14. The molecule has 0 spiro atoms. The predicted octanol–water partition coefficient (Wildman–Crippen LogP) is 2.74. The molecule has 0 atom stereocenters. The van der Waals surface area contributed by atoms with Gasteiger partial charge < -0.3 is 5.73 Å². The highest BCUT2D eigenvalue weighted by Crippen LogP contribution is 2.28. The van der Waals surface area contributed by atoms with Crippen LogP contribution in [0.15, 0.2) is 21.5 Å². The fourth-order valence-electron chi connectivity index (χ4n) is 0.673. The van der Waals surface area contributed by atoms with Crippen molar-refractivity contribution in [3.63, 3.8) is 0 Å². The van der Waals surface area contributed by atoms with Crippen molar-refractivity contribution in [1.82, 2.24) is 0 Å². The molecule has 0 heterocycles. The van der Waals surface area contributed by atoms with Gasteiger partial charge in [-0.25, -0.2) is 4.39 Å². The van der Waals surface area contributed by atoms with Crippen LogP contribution < -0.4 is 5.73 Å². The lowest BCUT2D eigenvalue weighted by atomic mass is 10.3. The monoisotopic (exact) mass is 246 g/mol. The maximum atomic E-state index is 12.9. The van der Waals surface area contributed by atoms with Gasteiger partial charge in [-0.1, -0.05) is 0 Å². The predicted molar refractivity (Wildman–Crippen MR) is 50.0 cm³/mol. The van der Waals surface area contributed by atoms with Gasteiger partial charge in [0.25, 0.3) is 0 Å². The summed E-state index contributed by atoms with van der Waals surface area (Å²) in [6.07, 6.45) is 0. The van der Waals surface area contributed by atoms with E-state index in [-0.39, 0.29) is 5.69 Å². The minimum Gasteiger partial charge on any atom is -0.395 e. The smallest absolute Gasteiger partial charge is 0.148 e. The van der Waals surface area contributed by atoms with Gasteiger partial charge in [-0.05, 0) is 39.8 Å². The summed E-state index contributed by atoms with van der Waals surface area (Å²) in [4.78, 5) is 0.538. The van der Waals surface area contributed by atoms with Crippen molar-refractivity contribution in [2.75, 3.05) is 5.73 Å². The summed E-state index contributed by atoms with van der Waals surface area (Å²) in [5.41, 5.74) is 5.40. The van der Waals surface area contributed by atoms with Gasteiger partial charge >= 0.3 is 0 Å². The molecule has 0 amide bonds. The summed E-state index contributed by atoms with van der Waals surface area (Å²) in [7, 11) is 0. The van der Waals surface area contributed by atoms with Crippen molar-refractivity contribution >= 4 is 33.4 Å². The number of halogens is 2. The maximum absolute atomic E-state index is 12.9. The van der Waals surface area contributed by atoms with E-state index in [0.717, 1.165) is 11.8 Å². The molecule has 5 heteroatoms. The van der Waals surface area contributed by atoms with Gasteiger partial charge in [-0.15, -0.1) is 0 Å². The number of nitrogen functional groups attached to an aromatic ring is 1. The molecule has 0 saturated carbocycles. The van der Waals surface area contributed by atoms with Crippen LogP contribution in [-0.4, -0.2) is 0 Å². The number of hydrogen-bond donors (Lipinski definition) is 1. The second kappa shape index (κ2) is 3.78. The number of nitrogens with zero attached hydrogens (tertiary/aromatic N) is 1. The molecule has 1 rings (SSSR count). The van der Waals surface area contributed by atoms with Crippen LogP contribution in [0.1, 0.15) is 0 Å². The molecule has 62 valence electrons. The van der Waals surface area contributed by atoms with Crippen LogP contribution in [-0.2, 0) is 0 Å². The van der Waals surface area contributed by atoms with E-state index in [4.69, 9.17) is 11.0 Å². The van der Waals surface area contributed by atoms with E-state index in [9.17, 15) is 4.39 Å². The number of benzene rings is 1. The Labute approximate surface area is 81.7 Å². The van der Waals surface area contributed by atoms with E-state index >= 15 is 0 Å². The van der Waals surface area contributed by atoms with Crippen molar-refractivity contribution in [3.05, 3.63) is 22.4 Å². The number of rotatable bonds is 1. The van der Waals surface area contributed by atoms with Crippen LogP contribution in [0.5, 0.6) is 0 Å². The Morgan fingerprint density at radius 1 is 1.58 bits per heavy atom. The summed E-state index contributed by atoms with van der Waals surface area (Å²) in [5, 5.41) is 10.2. The maximum Gasteiger partial charge on any atom is 0.148 e. The molecule has 0 radical (unpaired) electrons. The van der Waals surface area contributed by atoms with Crippen LogP contribution in [0.4, 0.5) is 10.1 Å². The zero-order valence-electron chi connectivity index (χ0n) is 5.84. The average molecular weight is 247 g/mol. The standard InChI is InChI=1S/C7H4BrFN2S/c8-5-1-4(12-3-10)2-6(9)7(5)11/h1-2H,11H2. The number of thiocyanates is 1. The van der Waals surface area contributed by atoms with Crippen molar-refractivity contribution in [2.45, 2.75) is 4.90 Å². The normalized spacial score (nSPS) is 9.42. The topological polar surface area (TPSA) is 49.8 Å². The number of anilines is 1. The van der Waals surface area contributed by atoms with Crippen LogP contribution in [0.2, 0.25) is 0 Å². The molecular weight excluding hydrogens is 243 g/mol. The Bertz CT molecular complexity index is 325. The fourth-order valence-corrected chi connectivity index (χ4v) is 1.70. The molecule has 0 saturated heterocycles. The molecule has 0 aliphatic carbocycles. The third-order valence-corrected chi connectivity index (χ3v) is 2.43. The summed E-state index contributed by atoms with van der Waals surface area (Å²) in [6, 6.07) is 2.83. The highest BCUT2D eigenvalue weighted by Gasteiger charge is 2.05. The molecule has 0 aromatic heterocycles. The van der Waals surface area contributed by atoms with Crippen LogP contribution in [0.25, 0.3) is 0 Å². The molecule has 0 bridgehead atoms. The first-order valence-corrected chi connectivity index (χ1v) is 4.56. The molecule has 1 aromatic rings. The molecule has 0 aliphatic heterocycles. The highest BCUT2D eigenvalue weighted by atomic mass is 79.9. The van der Waals surface area contributed by atoms with E-state index in [1.165, 1.54) is 6.07 Å². The summed E-state index contributed by atoms with van der Waals surface area (Å²) in [5.74, 6) is -0.512. The van der Waals surface area contributed by atoms with E-state index in [1.54, 1.807) is 6.07 Å². The van der Waals surface area contributed by atoms with Crippen LogP contribution in [0, 0.1) is 16.5 Å². The first kappa shape index (κ1) is 9.36. The van der Waals surface area contributed by atoms with Gasteiger partial charge in [0.05, 0.1) is 5.69 Å². The number of nitrogens with two attached hydrogens (primary N) is 1. The molecule has 12 heavy (non-hydrogen) atoms. The van der Waals surface area contributed by atoms with E-state index < -0.39 is 5.82 Å². The Morgan fingerprint density at radius 3 is 2.75 bits per heavy atom. The van der Waals surface area contributed by atoms with Gasteiger partial charge in [0.15, 0.2) is 0 Å². The van der Waals surface area contributed by atoms with E-state index in [1.807, 2.05) is 5.40 Å². The first-order chi connectivity index (χ1) is 5.65. The lowest BCUT2D eigenvalue weighted by molar-refractivity contribution is 0.628. The van der Waals surface area contributed by atoms with E-state index in [2.05, 4.69) is 15.9 Å². The van der Waals surface area contributed by atoms with E-state index in [0.29, 0.717) is 9.37 Å². The van der Waals surface area contributed by atoms with Crippen molar-refractivity contribution in [1.29, 1.82) is 5.26 Å². The van der Waals surface area contributed by atoms with Crippen molar-refractivity contribution in [3.8, 4) is 5.40 Å². The fraction of sp³-hybridized carbons (Fsp3) is 0. The Hall–Kier alpha value is -0.730. The van der Waals surface area contributed by atoms with Gasteiger partial charge in [0.1, 0.15) is 11.2 Å². The zero-order valence-corrected chi connectivity index (χ0v) is 8.25. The third-order valence-electron chi connectivity index (χ3n) is 1.22. The SMILES string of the molecule is N#CSc1cc(F)c(N)c(Br)c1. The second-order valence-electron chi connectivity index (χ2n) is 1.99. The molecule has 1 aromatic carbocycles. The van der Waals surface area contributed by atoms with Gasteiger partial charge in [-0.2, -0.15) is 5.26 Å². The number of thioether (sulfide) groups is 1. The first-order valence-electron chi connectivity index (χ1n) is 2.95. The second-order valence-corrected chi connectivity index (χ2v) is 3.71. The average Bonchev–Trinajstić information content (AvgIpc) is 2.01. The zero-order chi connectivity index (χ0) is 9.14. The Kier molecular flexibility index (Phi) is 2.95. The Morgan fingerprint density at radius 2 is 2.25 bits per heavy atom. The third kappa shape index (κ3) is 1.90. The largest absolute Gasteiger partial charge is 0.395 e. The molecule has 2 nitrogen and oxygen atoms in total. The molecule has 0 fully saturated rings. The van der Waals surface area contributed by atoms with Crippen molar-refractivity contribution in [2.24, 2.45) is 0 Å². The van der Waals surface area contributed by atoms with Crippen molar-refractivity contribution < 1.29 is 4.39 Å². The van der Waals surface area contributed by atoms with Crippen LogP contribution in [0.3, 0.4) is 0 Å². The quantitative estimate of drug-likeness (QED) is 0.471. The highest BCUT2D eigenvalue weighted by molar-refractivity contribution is 9.10. The number of nitriles is 1. The van der Waals surface area contributed by atoms with Gasteiger partial charge in [-0.3, -0.25) is 0 Å². The molecule has 0 unspecified atom stereocenters. The summed E-state index contributed by atoms with van der Waals surface area (Å²) in [6.45, 7) is 0. The minimum absolute atomic E-state index is 0.0669. The summed E-state index contributed by atoms with van der Waals surface area (Å²) >= 11 is 3.97. The lowest BCUT2D eigenvalue weighted by Crippen LogP contribution is -1.91. The number of hydrogen-bond acceptors (Lipinski definition) is 3. The lowest BCUT2D eigenvalue weighted by Gasteiger charge is -2.01. The molecular formula is C7H4BrFN2S. The van der Waals surface area contributed by atoms with Gasteiger partial charge in [0.2, 0.25) is 0 Å². The summed E-state index contributed by atoms with van der Waals surface area (Å²) < 4.78 is 13.4. The van der Waals surface area contributed by atoms with Gasteiger partial charge in [0, 0.05) is 9.37 Å². The van der Waals surface area contributed by atoms with Crippen LogP contribution >= 0.6 is 27.7 Å². The molecule has 2 N–H and O–H groups in total. The minimum atomic E-state index is -0.512. The molecule has 0 aliphatic rings.